The minimum Gasteiger partial charge on any atom is -0.461 e. The molecule has 7 heteroatoms. The smallest absolute Gasteiger partial charge is 0.354 e. The summed E-state index contributed by atoms with van der Waals surface area (Å²) in [6.45, 7) is 2.07. The second-order valence-corrected chi connectivity index (χ2v) is 7.62. The van der Waals surface area contributed by atoms with Gasteiger partial charge in [0, 0.05) is 28.3 Å². The van der Waals surface area contributed by atoms with Crippen LogP contribution in [0.5, 0.6) is 0 Å². The number of aromatic nitrogens is 1. The Balaban J connectivity index is 1.37. The van der Waals surface area contributed by atoms with Crippen LogP contribution in [0.15, 0.2) is 48.5 Å². The van der Waals surface area contributed by atoms with E-state index in [1.165, 1.54) is 12.8 Å². The van der Waals surface area contributed by atoms with Crippen LogP contribution in [0.25, 0.3) is 10.9 Å². The third-order valence-corrected chi connectivity index (χ3v) is 5.08. The molecule has 1 amide bonds. The Morgan fingerprint density at radius 3 is 2.57 bits per heavy atom. The number of nitrogens with two attached hydrogens (primary N) is 1. The molecule has 1 saturated carbocycles. The third kappa shape index (κ3) is 4.80. The Morgan fingerprint density at radius 2 is 1.87 bits per heavy atom. The zero-order valence-electron chi connectivity index (χ0n) is 16.9. The van der Waals surface area contributed by atoms with Crippen molar-refractivity contribution in [3.63, 3.8) is 0 Å². The van der Waals surface area contributed by atoms with Gasteiger partial charge in [-0.15, -0.1) is 0 Å². The van der Waals surface area contributed by atoms with Crippen molar-refractivity contribution in [2.24, 2.45) is 5.73 Å². The van der Waals surface area contributed by atoms with E-state index in [2.05, 4.69) is 15.6 Å². The van der Waals surface area contributed by atoms with Gasteiger partial charge in [-0.1, -0.05) is 12.1 Å². The molecule has 0 unspecified atom stereocenters. The van der Waals surface area contributed by atoms with E-state index in [1.54, 1.807) is 25.1 Å². The Bertz CT molecular complexity index is 1050. The predicted molar refractivity (Wildman–Crippen MR) is 118 cm³/mol. The molecule has 1 aromatic heterocycles. The lowest BCUT2D eigenvalue weighted by Gasteiger charge is -2.13. The van der Waals surface area contributed by atoms with Gasteiger partial charge in [0.15, 0.2) is 0 Å². The third-order valence-electron chi connectivity index (χ3n) is 5.08. The van der Waals surface area contributed by atoms with Gasteiger partial charge in [-0.3, -0.25) is 4.79 Å². The van der Waals surface area contributed by atoms with Crippen LogP contribution in [0.4, 0.5) is 11.4 Å². The highest BCUT2D eigenvalue weighted by Crippen LogP contribution is 2.25. The molecular weight excluding hydrogens is 380 g/mol. The van der Waals surface area contributed by atoms with E-state index < -0.39 is 12.0 Å². The number of rotatable bonds is 8. The highest BCUT2D eigenvalue weighted by Gasteiger charge is 2.21. The number of fused-ring (bicyclic) bond motifs is 1. The van der Waals surface area contributed by atoms with Gasteiger partial charge in [0.2, 0.25) is 5.91 Å². The lowest BCUT2D eigenvalue weighted by atomic mass is 10.1. The predicted octanol–water partition coefficient (Wildman–Crippen LogP) is 3.43. The highest BCUT2D eigenvalue weighted by molar-refractivity contribution is 5.99. The fourth-order valence-corrected chi connectivity index (χ4v) is 3.31. The maximum atomic E-state index is 12.5. The van der Waals surface area contributed by atoms with Crippen LogP contribution in [-0.2, 0) is 16.0 Å². The Morgan fingerprint density at radius 1 is 1.13 bits per heavy atom. The maximum absolute atomic E-state index is 12.5. The number of aromatic amines is 1. The van der Waals surface area contributed by atoms with Crippen LogP contribution in [0, 0.1) is 0 Å². The van der Waals surface area contributed by atoms with Crippen LogP contribution >= 0.6 is 0 Å². The van der Waals surface area contributed by atoms with E-state index in [9.17, 15) is 9.59 Å². The molecule has 2 aromatic carbocycles. The molecule has 0 aliphatic heterocycles. The normalized spacial score (nSPS) is 14.3. The van der Waals surface area contributed by atoms with Crippen molar-refractivity contribution in [2.45, 2.75) is 38.3 Å². The lowest BCUT2D eigenvalue weighted by molar-refractivity contribution is -0.117. The average Bonchev–Trinajstić information content (AvgIpc) is 3.44. The quantitative estimate of drug-likeness (QED) is 0.429. The molecule has 1 aliphatic rings. The van der Waals surface area contributed by atoms with Gasteiger partial charge in [-0.05, 0) is 68.1 Å². The Labute approximate surface area is 175 Å². The van der Waals surface area contributed by atoms with Crippen molar-refractivity contribution < 1.29 is 14.3 Å². The molecule has 1 atom stereocenters. The summed E-state index contributed by atoms with van der Waals surface area (Å²) < 4.78 is 5.01. The standard InChI is InChI=1S/C23H26N4O3/c1-2-30-23(29)21-13-15-12-18(9-10-20(15)27-21)26-22(28)19(24)11-14-3-5-16(6-4-14)25-17-7-8-17/h3-6,9-10,12-13,17,19,25,27H,2,7-8,11,24H2,1H3,(H,26,28)/t19-/m0/s1. The first-order valence-electron chi connectivity index (χ1n) is 10.2. The number of hydrogen-bond acceptors (Lipinski definition) is 5. The zero-order chi connectivity index (χ0) is 21.1. The molecule has 30 heavy (non-hydrogen) atoms. The van der Waals surface area contributed by atoms with Gasteiger partial charge >= 0.3 is 5.97 Å². The first-order valence-corrected chi connectivity index (χ1v) is 10.2. The van der Waals surface area contributed by atoms with E-state index in [0.29, 0.717) is 30.5 Å². The Hall–Kier alpha value is -3.32. The molecule has 0 saturated heterocycles. The van der Waals surface area contributed by atoms with Crippen LogP contribution in [0.1, 0.15) is 35.8 Å². The summed E-state index contributed by atoms with van der Waals surface area (Å²) in [5, 5.41) is 7.11. The SMILES string of the molecule is CCOC(=O)c1cc2cc(NC(=O)[C@@H](N)Cc3ccc(NC4CC4)cc3)ccc2[nH]1. The number of amides is 1. The number of ether oxygens (including phenoxy) is 1. The minimum atomic E-state index is -0.663. The number of carbonyl (C=O) groups excluding carboxylic acids is 2. The van der Waals surface area contributed by atoms with Crippen LogP contribution in [-0.4, -0.2) is 35.6 Å². The number of esters is 1. The molecule has 1 fully saturated rings. The molecule has 7 nitrogen and oxygen atoms in total. The van der Waals surface area contributed by atoms with Crippen molar-refractivity contribution in [3.05, 3.63) is 59.8 Å². The average molecular weight is 406 g/mol. The number of carbonyl (C=O) groups is 2. The molecule has 0 bridgehead atoms. The van der Waals surface area contributed by atoms with E-state index in [1.807, 2.05) is 30.3 Å². The van der Waals surface area contributed by atoms with Gasteiger partial charge < -0.3 is 26.1 Å². The zero-order valence-corrected chi connectivity index (χ0v) is 16.9. The van der Waals surface area contributed by atoms with Crippen molar-refractivity contribution in [2.75, 3.05) is 17.2 Å². The maximum Gasteiger partial charge on any atom is 0.354 e. The van der Waals surface area contributed by atoms with Crippen molar-refractivity contribution >= 4 is 34.2 Å². The van der Waals surface area contributed by atoms with E-state index in [0.717, 1.165) is 22.2 Å². The monoisotopic (exact) mass is 406 g/mol. The summed E-state index contributed by atoms with van der Waals surface area (Å²) in [7, 11) is 0. The summed E-state index contributed by atoms with van der Waals surface area (Å²) in [6, 6.07) is 15.1. The summed E-state index contributed by atoms with van der Waals surface area (Å²) >= 11 is 0. The van der Waals surface area contributed by atoms with Gasteiger partial charge in [0.1, 0.15) is 5.69 Å². The summed E-state index contributed by atoms with van der Waals surface area (Å²) in [5.74, 6) is -0.657. The number of H-pyrrole nitrogens is 1. The second kappa shape index (κ2) is 8.59. The van der Waals surface area contributed by atoms with Crippen LogP contribution in [0.3, 0.4) is 0 Å². The van der Waals surface area contributed by atoms with Gasteiger partial charge in [-0.2, -0.15) is 0 Å². The molecular formula is C23H26N4O3. The molecule has 4 rings (SSSR count). The molecule has 5 N–H and O–H groups in total. The van der Waals surface area contributed by atoms with Gasteiger partial charge in [0.05, 0.1) is 12.6 Å². The number of anilines is 2. The van der Waals surface area contributed by atoms with E-state index >= 15 is 0 Å². The summed E-state index contributed by atoms with van der Waals surface area (Å²) in [4.78, 5) is 27.4. The highest BCUT2D eigenvalue weighted by atomic mass is 16.5. The first kappa shape index (κ1) is 20.0. The van der Waals surface area contributed by atoms with E-state index in [4.69, 9.17) is 10.5 Å². The lowest BCUT2D eigenvalue weighted by Crippen LogP contribution is -2.37. The topological polar surface area (TPSA) is 109 Å². The molecule has 3 aromatic rings. The van der Waals surface area contributed by atoms with Gasteiger partial charge in [-0.25, -0.2) is 4.79 Å². The second-order valence-electron chi connectivity index (χ2n) is 7.62. The van der Waals surface area contributed by atoms with Crippen LogP contribution in [0.2, 0.25) is 0 Å². The minimum absolute atomic E-state index is 0.254. The largest absolute Gasteiger partial charge is 0.461 e. The van der Waals surface area contributed by atoms with Crippen LogP contribution < -0.4 is 16.4 Å². The number of hydrogen-bond donors (Lipinski definition) is 4. The fourth-order valence-electron chi connectivity index (χ4n) is 3.31. The number of benzene rings is 2. The van der Waals surface area contributed by atoms with E-state index in [-0.39, 0.29) is 5.91 Å². The summed E-state index contributed by atoms with van der Waals surface area (Å²) in [5.41, 5.74) is 10.0. The fraction of sp³-hybridized carbons (Fsp3) is 0.304. The molecule has 156 valence electrons. The molecule has 0 spiro atoms. The summed E-state index contributed by atoms with van der Waals surface area (Å²) in [6.07, 6.45) is 2.91. The first-order chi connectivity index (χ1) is 14.5. The van der Waals surface area contributed by atoms with Crippen molar-refractivity contribution in [1.82, 2.24) is 4.98 Å². The van der Waals surface area contributed by atoms with Crippen molar-refractivity contribution in [3.8, 4) is 0 Å². The van der Waals surface area contributed by atoms with Crippen molar-refractivity contribution in [1.29, 1.82) is 0 Å². The molecule has 0 radical (unpaired) electrons. The Kier molecular flexibility index (Phi) is 5.72. The van der Waals surface area contributed by atoms with Gasteiger partial charge in [0.25, 0.3) is 0 Å². The number of nitrogens with one attached hydrogen (secondary N) is 3. The molecule has 1 heterocycles. The molecule has 1 aliphatic carbocycles.